The Balaban J connectivity index is 2.45. The van der Waals surface area contributed by atoms with Crippen LogP contribution >= 0.6 is 23.2 Å². The highest BCUT2D eigenvalue weighted by atomic mass is 35.5. The van der Waals surface area contributed by atoms with E-state index in [-0.39, 0.29) is 5.92 Å². The van der Waals surface area contributed by atoms with Gasteiger partial charge in [-0.1, -0.05) is 37.0 Å². The summed E-state index contributed by atoms with van der Waals surface area (Å²) in [5.74, 6) is 2.70. The number of hydrogen-bond donors (Lipinski definition) is 1. The molecular weight excluding hydrogens is 309 g/mol. The Morgan fingerprint density at radius 3 is 2.24 bits per heavy atom. The molecule has 2 aromatic rings. The summed E-state index contributed by atoms with van der Waals surface area (Å²) in [6, 6.07) is 5.05. The van der Waals surface area contributed by atoms with Gasteiger partial charge in [0.05, 0.1) is 5.56 Å². The molecule has 4 nitrogen and oxygen atoms in total. The van der Waals surface area contributed by atoms with Gasteiger partial charge in [0.25, 0.3) is 0 Å². The molecule has 1 N–H and O–H groups in total. The van der Waals surface area contributed by atoms with E-state index < -0.39 is 0 Å². The van der Waals surface area contributed by atoms with Crippen molar-refractivity contribution >= 4 is 29.0 Å². The van der Waals surface area contributed by atoms with Crippen LogP contribution in [0.25, 0.3) is 0 Å². The number of nitrogens with zero attached hydrogens (tertiary/aromatic N) is 2. The Morgan fingerprint density at radius 1 is 1.10 bits per heavy atom. The van der Waals surface area contributed by atoms with E-state index in [1.54, 1.807) is 18.2 Å². The zero-order valence-electron chi connectivity index (χ0n) is 12.4. The molecule has 6 heteroatoms. The fraction of sp³-hybridized carbons (Fsp3) is 0.333. The zero-order valence-corrected chi connectivity index (χ0v) is 13.9. The average molecular weight is 326 g/mol. The standard InChI is InChI=1S/C15H17Cl2N3O/c1-8(2)13-19-14(18-4)9(3)15(20-13)21-12-6-10(16)5-11(17)7-12/h5-8H,1-4H3,(H,18,19,20). The predicted octanol–water partition coefficient (Wildman–Crippen LogP) is 5.05. The first-order valence-corrected chi connectivity index (χ1v) is 7.36. The smallest absolute Gasteiger partial charge is 0.227 e. The van der Waals surface area contributed by atoms with Crippen LogP contribution in [-0.4, -0.2) is 17.0 Å². The first-order chi connectivity index (χ1) is 9.90. The molecule has 2 rings (SSSR count). The molecule has 0 aliphatic carbocycles. The summed E-state index contributed by atoms with van der Waals surface area (Å²) >= 11 is 12.0. The van der Waals surface area contributed by atoms with Gasteiger partial charge < -0.3 is 10.1 Å². The third kappa shape index (κ3) is 3.77. The molecule has 0 aliphatic heterocycles. The second-order valence-corrected chi connectivity index (χ2v) is 5.85. The van der Waals surface area contributed by atoms with Gasteiger partial charge in [-0.05, 0) is 25.1 Å². The van der Waals surface area contributed by atoms with Gasteiger partial charge in [0, 0.05) is 23.0 Å². The van der Waals surface area contributed by atoms with Crippen molar-refractivity contribution in [2.24, 2.45) is 0 Å². The van der Waals surface area contributed by atoms with Crippen molar-refractivity contribution < 1.29 is 4.74 Å². The molecule has 0 fully saturated rings. The lowest BCUT2D eigenvalue weighted by atomic mass is 10.2. The normalized spacial score (nSPS) is 10.8. The van der Waals surface area contributed by atoms with Crippen LogP contribution in [-0.2, 0) is 0 Å². The van der Waals surface area contributed by atoms with Crippen LogP contribution in [0.4, 0.5) is 5.82 Å². The predicted molar refractivity (Wildman–Crippen MR) is 86.9 cm³/mol. The molecule has 21 heavy (non-hydrogen) atoms. The van der Waals surface area contributed by atoms with E-state index in [2.05, 4.69) is 15.3 Å². The van der Waals surface area contributed by atoms with Crippen molar-refractivity contribution in [1.82, 2.24) is 9.97 Å². The number of rotatable bonds is 4. The molecule has 0 saturated carbocycles. The molecule has 0 bridgehead atoms. The third-order valence-corrected chi connectivity index (χ3v) is 3.36. The third-order valence-electron chi connectivity index (χ3n) is 2.92. The van der Waals surface area contributed by atoms with Gasteiger partial charge in [-0.3, -0.25) is 0 Å². The van der Waals surface area contributed by atoms with Crippen molar-refractivity contribution in [2.75, 3.05) is 12.4 Å². The lowest BCUT2D eigenvalue weighted by Crippen LogP contribution is -2.06. The van der Waals surface area contributed by atoms with E-state index in [1.807, 2.05) is 27.8 Å². The summed E-state index contributed by atoms with van der Waals surface area (Å²) in [7, 11) is 1.82. The number of ether oxygens (including phenoxy) is 1. The van der Waals surface area contributed by atoms with Crippen LogP contribution in [0.15, 0.2) is 18.2 Å². The maximum atomic E-state index is 5.99. The lowest BCUT2D eigenvalue weighted by molar-refractivity contribution is 0.453. The number of anilines is 1. The molecule has 0 amide bonds. The quantitative estimate of drug-likeness (QED) is 0.854. The highest BCUT2D eigenvalue weighted by molar-refractivity contribution is 6.34. The van der Waals surface area contributed by atoms with E-state index in [9.17, 15) is 0 Å². The van der Waals surface area contributed by atoms with E-state index in [4.69, 9.17) is 27.9 Å². The van der Waals surface area contributed by atoms with E-state index in [0.717, 1.165) is 11.4 Å². The van der Waals surface area contributed by atoms with Crippen molar-refractivity contribution in [2.45, 2.75) is 26.7 Å². The lowest BCUT2D eigenvalue weighted by Gasteiger charge is -2.14. The average Bonchev–Trinajstić information content (AvgIpc) is 2.39. The van der Waals surface area contributed by atoms with Crippen LogP contribution in [0.5, 0.6) is 11.6 Å². The summed E-state index contributed by atoms with van der Waals surface area (Å²) in [4.78, 5) is 8.95. The zero-order chi connectivity index (χ0) is 15.6. The topological polar surface area (TPSA) is 47.0 Å². The maximum Gasteiger partial charge on any atom is 0.227 e. The van der Waals surface area contributed by atoms with Crippen molar-refractivity contribution in [3.8, 4) is 11.6 Å². The van der Waals surface area contributed by atoms with Crippen molar-refractivity contribution in [3.63, 3.8) is 0 Å². The summed E-state index contributed by atoms with van der Waals surface area (Å²) in [5.41, 5.74) is 0.831. The van der Waals surface area contributed by atoms with Crippen LogP contribution in [0.2, 0.25) is 10.0 Å². The van der Waals surface area contributed by atoms with E-state index in [0.29, 0.717) is 27.5 Å². The van der Waals surface area contributed by atoms with Gasteiger partial charge in [-0.15, -0.1) is 0 Å². The summed E-state index contributed by atoms with van der Waals surface area (Å²) in [5, 5.41) is 4.09. The Labute approximate surface area is 134 Å². The highest BCUT2D eigenvalue weighted by Crippen LogP contribution is 2.31. The molecule has 0 aliphatic rings. The Morgan fingerprint density at radius 2 is 1.71 bits per heavy atom. The molecule has 1 aromatic heterocycles. The van der Waals surface area contributed by atoms with Crippen LogP contribution in [0.1, 0.15) is 31.2 Å². The second-order valence-electron chi connectivity index (χ2n) is 4.97. The van der Waals surface area contributed by atoms with Crippen LogP contribution in [0.3, 0.4) is 0 Å². The van der Waals surface area contributed by atoms with Crippen molar-refractivity contribution in [1.29, 1.82) is 0 Å². The fourth-order valence-electron chi connectivity index (χ4n) is 1.81. The van der Waals surface area contributed by atoms with Crippen LogP contribution in [0, 0.1) is 6.92 Å². The number of benzene rings is 1. The van der Waals surface area contributed by atoms with Gasteiger partial charge in [0.1, 0.15) is 17.4 Å². The monoisotopic (exact) mass is 325 g/mol. The molecule has 0 atom stereocenters. The molecule has 0 spiro atoms. The maximum absolute atomic E-state index is 5.99. The van der Waals surface area contributed by atoms with Crippen molar-refractivity contribution in [3.05, 3.63) is 39.6 Å². The SMILES string of the molecule is CNc1nc(C(C)C)nc(Oc2cc(Cl)cc(Cl)c2)c1C. The molecule has 1 heterocycles. The number of hydrogen-bond acceptors (Lipinski definition) is 4. The van der Waals surface area contributed by atoms with Gasteiger partial charge >= 0.3 is 0 Å². The van der Waals surface area contributed by atoms with E-state index >= 15 is 0 Å². The first kappa shape index (κ1) is 15.9. The van der Waals surface area contributed by atoms with Gasteiger partial charge in [0.15, 0.2) is 0 Å². The largest absolute Gasteiger partial charge is 0.438 e. The van der Waals surface area contributed by atoms with Gasteiger partial charge in [-0.2, -0.15) is 4.98 Å². The molecule has 112 valence electrons. The molecule has 0 saturated heterocycles. The number of nitrogens with one attached hydrogen (secondary N) is 1. The second kappa shape index (κ2) is 6.50. The molecule has 1 aromatic carbocycles. The minimum atomic E-state index is 0.197. The Kier molecular flexibility index (Phi) is 4.91. The first-order valence-electron chi connectivity index (χ1n) is 6.61. The number of aromatic nitrogens is 2. The summed E-state index contributed by atoms with van der Waals surface area (Å²) in [6.07, 6.45) is 0. The fourth-order valence-corrected chi connectivity index (χ4v) is 2.32. The summed E-state index contributed by atoms with van der Waals surface area (Å²) < 4.78 is 5.84. The molecular formula is C15H17Cl2N3O. The minimum absolute atomic E-state index is 0.197. The highest BCUT2D eigenvalue weighted by Gasteiger charge is 2.14. The Bertz CT molecular complexity index is 639. The van der Waals surface area contributed by atoms with Gasteiger partial charge in [-0.25, -0.2) is 4.98 Å². The molecule has 0 unspecified atom stereocenters. The minimum Gasteiger partial charge on any atom is -0.438 e. The summed E-state index contributed by atoms with van der Waals surface area (Å²) in [6.45, 7) is 5.96. The molecule has 0 radical (unpaired) electrons. The Hall–Kier alpha value is -1.52. The van der Waals surface area contributed by atoms with Crippen LogP contribution < -0.4 is 10.1 Å². The van der Waals surface area contributed by atoms with Gasteiger partial charge in [0.2, 0.25) is 5.88 Å². The number of halogens is 2. The van der Waals surface area contributed by atoms with E-state index in [1.165, 1.54) is 0 Å².